The van der Waals surface area contributed by atoms with Crippen molar-refractivity contribution in [3.63, 3.8) is 0 Å². The van der Waals surface area contributed by atoms with Crippen LogP contribution in [-0.2, 0) is 0 Å². The van der Waals surface area contributed by atoms with Crippen LogP contribution in [-0.4, -0.2) is 12.0 Å². The van der Waals surface area contributed by atoms with E-state index in [9.17, 15) is 4.79 Å². The van der Waals surface area contributed by atoms with Crippen LogP contribution in [0, 0.1) is 11.3 Å². The van der Waals surface area contributed by atoms with Gasteiger partial charge in [0, 0.05) is 10.1 Å². The summed E-state index contributed by atoms with van der Waals surface area (Å²) in [4.78, 5) is 13.2. The van der Waals surface area contributed by atoms with Crippen LogP contribution in [0.25, 0.3) is 10.1 Å². The van der Waals surface area contributed by atoms with E-state index in [-0.39, 0.29) is 12.1 Å². The molecule has 5 nitrogen and oxygen atoms in total. The maximum absolute atomic E-state index is 12.5. The molecule has 2 atom stereocenters. The van der Waals surface area contributed by atoms with E-state index in [1.807, 2.05) is 42.5 Å². The molecule has 0 radical (unpaired) electrons. The number of anilines is 1. The molecule has 1 amide bonds. The molecule has 2 aromatic carbocycles. The second-order valence-electron chi connectivity index (χ2n) is 5.81. The van der Waals surface area contributed by atoms with Crippen molar-refractivity contribution in [1.29, 1.82) is 5.26 Å². The average molecular weight is 349 g/mol. The standard InChI is InChI=1S/C19H15N3O2S/c1-11(10-20)24-13-8-6-12(7-9-13)18-21-16-14-4-2-3-5-15(14)25-17(16)19(23)22-18/h2-9,11,18,21H,1H3,(H,22,23)/t11-,18-/m0/s1. The molecule has 1 aromatic heterocycles. The van der Waals surface area contributed by atoms with Gasteiger partial charge in [-0.3, -0.25) is 4.79 Å². The summed E-state index contributed by atoms with van der Waals surface area (Å²) in [6, 6.07) is 17.4. The van der Waals surface area contributed by atoms with Crippen LogP contribution in [0.15, 0.2) is 48.5 Å². The van der Waals surface area contributed by atoms with E-state index >= 15 is 0 Å². The van der Waals surface area contributed by atoms with E-state index in [0.29, 0.717) is 10.6 Å². The van der Waals surface area contributed by atoms with Gasteiger partial charge in [-0.25, -0.2) is 0 Å². The summed E-state index contributed by atoms with van der Waals surface area (Å²) >= 11 is 1.49. The van der Waals surface area contributed by atoms with Crippen molar-refractivity contribution < 1.29 is 9.53 Å². The minimum atomic E-state index is -0.502. The maximum Gasteiger partial charge on any atom is 0.265 e. The molecule has 6 heteroatoms. The predicted octanol–water partition coefficient (Wildman–Crippen LogP) is 4.05. The van der Waals surface area contributed by atoms with Crippen molar-refractivity contribution in [1.82, 2.24) is 5.32 Å². The Kier molecular flexibility index (Phi) is 3.79. The number of hydrogen-bond donors (Lipinski definition) is 2. The van der Waals surface area contributed by atoms with Gasteiger partial charge >= 0.3 is 0 Å². The Bertz CT molecular complexity index is 988. The molecule has 4 rings (SSSR count). The zero-order valence-corrected chi connectivity index (χ0v) is 14.3. The van der Waals surface area contributed by atoms with Gasteiger partial charge in [-0.2, -0.15) is 5.26 Å². The highest BCUT2D eigenvalue weighted by molar-refractivity contribution is 7.21. The summed E-state index contributed by atoms with van der Waals surface area (Å²) in [5, 5.41) is 16.3. The fourth-order valence-corrected chi connectivity index (χ4v) is 3.93. The number of carbonyl (C=O) groups is 1. The highest BCUT2D eigenvalue weighted by Crippen LogP contribution is 2.39. The molecular weight excluding hydrogens is 334 g/mol. The first-order valence-electron chi connectivity index (χ1n) is 7.91. The van der Waals surface area contributed by atoms with Crippen molar-refractivity contribution in [3.05, 3.63) is 59.0 Å². The fourth-order valence-electron chi connectivity index (χ4n) is 2.86. The number of rotatable bonds is 3. The van der Waals surface area contributed by atoms with Gasteiger partial charge in [-0.1, -0.05) is 30.3 Å². The molecule has 2 heterocycles. The minimum Gasteiger partial charge on any atom is -0.476 e. The highest BCUT2D eigenvalue weighted by Gasteiger charge is 2.28. The molecule has 1 aliphatic heterocycles. The molecule has 0 aliphatic carbocycles. The molecule has 1 aliphatic rings. The molecule has 3 aromatic rings. The van der Waals surface area contributed by atoms with Crippen LogP contribution in [0.3, 0.4) is 0 Å². The number of thiophene rings is 1. The maximum atomic E-state index is 12.5. The number of nitriles is 1. The third-order valence-electron chi connectivity index (χ3n) is 4.07. The molecule has 0 bridgehead atoms. The predicted molar refractivity (Wildman–Crippen MR) is 97.8 cm³/mol. The van der Waals surface area contributed by atoms with Gasteiger partial charge in [0.25, 0.3) is 5.91 Å². The number of nitrogens with one attached hydrogen (secondary N) is 2. The van der Waals surface area contributed by atoms with Crippen LogP contribution >= 0.6 is 11.3 Å². The summed E-state index contributed by atoms with van der Waals surface area (Å²) in [7, 11) is 0. The topological polar surface area (TPSA) is 74.1 Å². The Hall–Kier alpha value is -3.04. The Labute approximate surface area is 148 Å². The van der Waals surface area contributed by atoms with Gasteiger partial charge in [0.15, 0.2) is 6.10 Å². The summed E-state index contributed by atoms with van der Waals surface area (Å²) in [5.74, 6) is 0.556. The lowest BCUT2D eigenvalue weighted by Crippen LogP contribution is -2.37. The molecule has 124 valence electrons. The van der Waals surface area contributed by atoms with E-state index in [0.717, 1.165) is 21.3 Å². The number of hydrogen-bond acceptors (Lipinski definition) is 5. The Balaban J connectivity index is 1.63. The SMILES string of the molecule is C[C@@H](C#N)Oc1ccc([C@@H]2NC(=O)c3sc4ccccc4c3N2)cc1. The van der Waals surface area contributed by atoms with Crippen molar-refractivity contribution in [2.75, 3.05) is 5.32 Å². The Morgan fingerprint density at radius 2 is 1.92 bits per heavy atom. The zero-order valence-electron chi connectivity index (χ0n) is 13.4. The van der Waals surface area contributed by atoms with Gasteiger partial charge in [0.2, 0.25) is 0 Å². The van der Waals surface area contributed by atoms with E-state index < -0.39 is 6.10 Å². The molecule has 0 fully saturated rings. The lowest BCUT2D eigenvalue weighted by molar-refractivity contribution is 0.0940. The number of carbonyl (C=O) groups excluding carboxylic acids is 1. The number of amides is 1. The van der Waals surface area contributed by atoms with Crippen molar-refractivity contribution in [2.45, 2.75) is 19.2 Å². The quantitative estimate of drug-likeness (QED) is 0.748. The molecule has 25 heavy (non-hydrogen) atoms. The number of nitrogens with zero attached hydrogens (tertiary/aromatic N) is 1. The van der Waals surface area contributed by atoms with E-state index in [1.165, 1.54) is 11.3 Å². The fraction of sp³-hybridized carbons (Fsp3) is 0.158. The van der Waals surface area contributed by atoms with E-state index in [2.05, 4.69) is 10.6 Å². The first kappa shape index (κ1) is 15.5. The first-order chi connectivity index (χ1) is 12.2. The second kappa shape index (κ2) is 6.11. The molecule has 2 N–H and O–H groups in total. The summed E-state index contributed by atoms with van der Waals surface area (Å²) in [6.07, 6.45) is -0.807. The second-order valence-corrected chi connectivity index (χ2v) is 6.86. The van der Waals surface area contributed by atoms with Crippen molar-refractivity contribution in [3.8, 4) is 11.8 Å². The van der Waals surface area contributed by atoms with Crippen LogP contribution in [0.2, 0.25) is 0 Å². The molecule has 0 saturated heterocycles. The number of fused-ring (bicyclic) bond motifs is 3. The van der Waals surface area contributed by atoms with Gasteiger partial charge in [0.05, 0.1) is 5.69 Å². The van der Waals surface area contributed by atoms with Crippen LogP contribution in [0.5, 0.6) is 5.75 Å². The van der Waals surface area contributed by atoms with Crippen LogP contribution in [0.4, 0.5) is 5.69 Å². The zero-order chi connectivity index (χ0) is 17.4. The van der Waals surface area contributed by atoms with Gasteiger partial charge in [-0.05, 0) is 30.7 Å². The van der Waals surface area contributed by atoms with E-state index in [1.54, 1.807) is 19.1 Å². The van der Waals surface area contributed by atoms with Crippen LogP contribution < -0.4 is 15.4 Å². The lowest BCUT2D eigenvalue weighted by Gasteiger charge is -2.26. The largest absolute Gasteiger partial charge is 0.476 e. The van der Waals surface area contributed by atoms with Crippen molar-refractivity contribution >= 4 is 33.0 Å². The normalized spacial score (nSPS) is 17.1. The lowest BCUT2D eigenvalue weighted by atomic mass is 10.1. The molecular formula is C19H15N3O2S. The van der Waals surface area contributed by atoms with Crippen molar-refractivity contribution in [2.24, 2.45) is 0 Å². The summed E-state index contributed by atoms with van der Waals surface area (Å²) < 4.78 is 6.55. The Morgan fingerprint density at radius 1 is 1.16 bits per heavy atom. The summed E-state index contributed by atoms with van der Waals surface area (Å²) in [6.45, 7) is 1.69. The van der Waals surface area contributed by atoms with Crippen LogP contribution in [0.1, 0.15) is 28.3 Å². The number of benzene rings is 2. The van der Waals surface area contributed by atoms with Gasteiger partial charge < -0.3 is 15.4 Å². The molecule has 0 spiro atoms. The average Bonchev–Trinajstić information content (AvgIpc) is 3.02. The van der Waals surface area contributed by atoms with Gasteiger partial charge in [-0.15, -0.1) is 11.3 Å². The smallest absolute Gasteiger partial charge is 0.265 e. The summed E-state index contributed by atoms with van der Waals surface area (Å²) in [5.41, 5.74) is 1.80. The minimum absolute atomic E-state index is 0.0709. The first-order valence-corrected chi connectivity index (χ1v) is 8.72. The van der Waals surface area contributed by atoms with Gasteiger partial charge in [0.1, 0.15) is 22.9 Å². The third-order valence-corrected chi connectivity index (χ3v) is 5.24. The monoisotopic (exact) mass is 349 g/mol. The molecule has 0 saturated carbocycles. The van der Waals surface area contributed by atoms with E-state index in [4.69, 9.17) is 10.00 Å². The molecule has 0 unspecified atom stereocenters. The number of ether oxygens (including phenoxy) is 1. The Morgan fingerprint density at radius 3 is 2.68 bits per heavy atom. The third kappa shape index (κ3) is 2.79. The highest BCUT2D eigenvalue weighted by atomic mass is 32.1.